The van der Waals surface area contributed by atoms with Crippen molar-refractivity contribution >= 4 is 14.3 Å². The summed E-state index contributed by atoms with van der Waals surface area (Å²) >= 11 is 0. The number of benzene rings is 1. The maximum absolute atomic E-state index is 11.9. The highest BCUT2D eigenvalue weighted by Crippen LogP contribution is 2.30. The second kappa shape index (κ2) is 9.75. The molecule has 0 aromatic heterocycles. The molecule has 0 amide bonds. The molecule has 0 heterocycles. The molecule has 0 fully saturated rings. The van der Waals surface area contributed by atoms with E-state index in [4.69, 9.17) is 9.26 Å². The fourth-order valence-electron chi connectivity index (χ4n) is 1.84. The maximum atomic E-state index is 11.9. The lowest BCUT2D eigenvalue weighted by Crippen LogP contribution is -2.33. The zero-order chi connectivity index (χ0) is 15.7. The van der Waals surface area contributed by atoms with E-state index < -0.39 is 8.30 Å². The van der Waals surface area contributed by atoms with E-state index in [1.165, 1.54) is 0 Å². The van der Waals surface area contributed by atoms with Gasteiger partial charge in [0, 0.05) is 6.66 Å². The Balaban J connectivity index is 2.34. The van der Waals surface area contributed by atoms with Gasteiger partial charge in [0.25, 0.3) is 0 Å². The Morgan fingerprint density at radius 3 is 2.43 bits per heavy atom. The van der Waals surface area contributed by atoms with Gasteiger partial charge in [0.05, 0.1) is 6.61 Å². The fraction of sp³-hybridized carbons (Fsp3) is 0.562. The quantitative estimate of drug-likeness (QED) is 0.554. The summed E-state index contributed by atoms with van der Waals surface area (Å²) in [6.07, 6.45) is 2.06. The first-order valence-corrected chi connectivity index (χ1v) is 9.17. The largest absolute Gasteiger partial charge is 0.464 e. The van der Waals surface area contributed by atoms with Crippen LogP contribution in [-0.4, -0.2) is 25.3 Å². The van der Waals surface area contributed by atoms with Crippen LogP contribution in [0, 0.1) is 5.92 Å². The lowest BCUT2D eigenvalue weighted by Gasteiger charge is -2.20. The first-order valence-electron chi connectivity index (χ1n) is 7.46. The number of hydrogen-bond donors (Lipinski definition) is 1. The van der Waals surface area contributed by atoms with E-state index in [1.54, 1.807) is 0 Å². The Kier molecular flexibility index (Phi) is 8.33. The van der Waals surface area contributed by atoms with Gasteiger partial charge in [-0.3, -0.25) is 9.88 Å². The van der Waals surface area contributed by atoms with Crippen molar-refractivity contribution in [3.63, 3.8) is 0 Å². The first kappa shape index (κ1) is 17.9. The van der Waals surface area contributed by atoms with Crippen molar-refractivity contribution in [2.45, 2.75) is 39.7 Å². The Morgan fingerprint density at radius 2 is 1.86 bits per heavy atom. The van der Waals surface area contributed by atoms with Gasteiger partial charge in [0.2, 0.25) is 0 Å². The average Bonchev–Trinajstić information content (AvgIpc) is 2.48. The van der Waals surface area contributed by atoms with Crippen LogP contribution in [0.3, 0.4) is 0 Å². The SMILES string of the molecule is CCC(CC)COC(=O)C(C)N[P@@](C)Oc1ccccc1. The van der Waals surface area contributed by atoms with Gasteiger partial charge < -0.3 is 9.26 Å². The van der Waals surface area contributed by atoms with Crippen molar-refractivity contribution < 1.29 is 14.1 Å². The maximum Gasteiger partial charge on any atom is 0.323 e. The van der Waals surface area contributed by atoms with Crippen LogP contribution >= 0.6 is 8.30 Å². The van der Waals surface area contributed by atoms with Gasteiger partial charge in [-0.05, 0) is 25.0 Å². The second-order valence-corrected chi connectivity index (χ2v) is 6.50. The summed E-state index contributed by atoms with van der Waals surface area (Å²) in [5.74, 6) is 1.04. The molecular formula is C16H26NO3P. The van der Waals surface area contributed by atoms with Gasteiger partial charge >= 0.3 is 5.97 Å². The van der Waals surface area contributed by atoms with E-state index in [0.29, 0.717) is 12.5 Å². The Morgan fingerprint density at radius 1 is 1.24 bits per heavy atom. The van der Waals surface area contributed by atoms with Gasteiger partial charge in [-0.25, -0.2) is 0 Å². The zero-order valence-electron chi connectivity index (χ0n) is 13.3. The van der Waals surface area contributed by atoms with Crippen LogP contribution in [0.25, 0.3) is 0 Å². The molecule has 0 radical (unpaired) electrons. The van der Waals surface area contributed by atoms with Crippen molar-refractivity contribution in [2.75, 3.05) is 13.3 Å². The van der Waals surface area contributed by atoms with E-state index in [2.05, 4.69) is 18.9 Å². The van der Waals surface area contributed by atoms with Gasteiger partial charge in [-0.2, -0.15) is 0 Å². The molecule has 21 heavy (non-hydrogen) atoms. The summed E-state index contributed by atoms with van der Waals surface area (Å²) < 4.78 is 11.1. The summed E-state index contributed by atoms with van der Waals surface area (Å²) in [7, 11) is -0.913. The third-order valence-corrected chi connectivity index (χ3v) is 4.57. The summed E-state index contributed by atoms with van der Waals surface area (Å²) in [5, 5.41) is 3.16. The van der Waals surface area contributed by atoms with E-state index in [0.717, 1.165) is 18.6 Å². The summed E-state index contributed by atoms with van der Waals surface area (Å²) in [4.78, 5) is 11.9. The smallest absolute Gasteiger partial charge is 0.323 e. The molecule has 1 unspecified atom stereocenters. The minimum Gasteiger partial charge on any atom is -0.464 e. The molecule has 2 atom stereocenters. The Labute approximate surface area is 129 Å². The second-order valence-electron chi connectivity index (χ2n) is 5.07. The topological polar surface area (TPSA) is 47.6 Å². The number of carbonyl (C=O) groups excluding carboxylic acids is 1. The molecule has 4 nitrogen and oxygen atoms in total. The lowest BCUT2D eigenvalue weighted by atomic mass is 10.1. The zero-order valence-corrected chi connectivity index (χ0v) is 14.2. The molecule has 0 saturated carbocycles. The number of rotatable bonds is 9. The van der Waals surface area contributed by atoms with Crippen molar-refractivity contribution in [1.82, 2.24) is 5.09 Å². The van der Waals surface area contributed by atoms with Crippen molar-refractivity contribution in [2.24, 2.45) is 5.92 Å². The monoisotopic (exact) mass is 311 g/mol. The third-order valence-electron chi connectivity index (χ3n) is 3.33. The van der Waals surface area contributed by atoms with Gasteiger partial charge in [0.15, 0.2) is 8.30 Å². The standard InChI is InChI=1S/C16H26NO3P/c1-5-14(6-2)12-19-16(18)13(3)17-21(4)20-15-10-8-7-9-11-15/h7-11,13-14,17H,5-6,12H2,1-4H3/t13?,21-/m1/s1. The number of para-hydroxylation sites is 1. The van der Waals surface area contributed by atoms with E-state index in [9.17, 15) is 4.79 Å². The van der Waals surface area contributed by atoms with Crippen LogP contribution in [0.4, 0.5) is 0 Å². The van der Waals surface area contributed by atoms with Crippen molar-refractivity contribution in [3.05, 3.63) is 30.3 Å². The number of esters is 1. The van der Waals surface area contributed by atoms with Crippen LogP contribution in [0.2, 0.25) is 0 Å². The summed E-state index contributed by atoms with van der Waals surface area (Å²) in [5.41, 5.74) is 0. The molecule has 0 bridgehead atoms. The summed E-state index contributed by atoms with van der Waals surface area (Å²) in [6, 6.07) is 9.22. The molecule has 0 aliphatic carbocycles. The van der Waals surface area contributed by atoms with Crippen molar-refractivity contribution in [3.8, 4) is 5.75 Å². The van der Waals surface area contributed by atoms with Crippen LogP contribution in [0.5, 0.6) is 5.75 Å². The van der Waals surface area contributed by atoms with Gasteiger partial charge in [-0.15, -0.1) is 0 Å². The highest BCUT2D eigenvalue weighted by atomic mass is 31.2. The fourth-order valence-corrected chi connectivity index (χ4v) is 2.98. The minimum absolute atomic E-state index is 0.215. The molecule has 0 saturated heterocycles. The molecule has 1 aromatic carbocycles. The minimum atomic E-state index is -0.913. The lowest BCUT2D eigenvalue weighted by molar-refractivity contribution is -0.146. The van der Waals surface area contributed by atoms with E-state index in [-0.39, 0.29) is 12.0 Å². The Hall–Kier alpha value is -1.12. The van der Waals surface area contributed by atoms with Crippen LogP contribution in [0.1, 0.15) is 33.6 Å². The van der Waals surface area contributed by atoms with E-state index in [1.807, 2.05) is 43.9 Å². The number of hydrogen-bond acceptors (Lipinski definition) is 4. The molecule has 5 heteroatoms. The molecule has 0 spiro atoms. The highest BCUT2D eigenvalue weighted by Gasteiger charge is 2.19. The predicted octanol–water partition coefficient (Wildman–Crippen LogP) is 3.96. The molecular weight excluding hydrogens is 285 g/mol. The third kappa shape index (κ3) is 6.92. The predicted molar refractivity (Wildman–Crippen MR) is 87.5 cm³/mol. The number of nitrogens with one attached hydrogen (secondary N) is 1. The normalized spacial score (nSPS) is 13.8. The Bertz CT molecular complexity index is 409. The number of ether oxygens (including phenoxy) is 1. The van der Waals surface area contributed by atoms with Crippen LogP contribution in [-0.2, 0) is 9.53 Å². The van der Waals surface area contributed by atoms with Gasteiger partial charge in [0.1, 0.15) is 11.8 Å². The first-order chi connectivity index (χ1) is 10.1. The van der Waals surface area contributed by atoms with Crippen LogP contribution in [0.15, 0.2) is 30.3 Å². The van der Waals surface area contributed by atoms with E-state index >= 15 is 0 Å². The molecule has 1 rings (SSSR count). The molecule has 118 valence electrons. The highest BCUT2D eigenvalue weighted by molar-refractivity contribution is 7.49. The molecule has 1 aromatic rings. The van der Waals surface area contributed by atoms with Gasteiger partial charge in [-0.1, -0.05) is 44.9 Å². The molecule has 0 aliphatic heterocycles. The average molecular weight is 311 g/mol. The number of carbonyl (C=O) groups is 1. The molecule has 0 aliphatic rings. The summed E-state index contributed by atoms with van der Waals surface area (Å²) in [6.45, 7) is 8.47. The van der Waals surface area contributed by atoms with Crippen molar-refractivity contribution in [1.29, 1.82) is 0 Å². The molecule has 1 N–H and O–H groups in total. The van der Waals surface area contributed by atoms with Crippen LogP contribution < -0.4 is 9.61 Å².